The van der Waals surface area contributed by atoms with Crippen molar-refractivity contribution in [3.8, 4) is 0 Å². The molecule has 0 saturated carbocycles. The molecule has 0 unspecified atom stereocenters. The summed E-state index contributed by atoms with van der Waals surface area (Å²) in [6.07, 6.45) is -1.93. The summed E-state index contributed by atoms with van der Waals surface area (Å²) in [6, 6.07) is 7.29. The number of aromatic nitrogens is 1. The van der Waals surface area contributed by atoms with Crippen LogP contribution in [0.3, 0.4) is 0 Å². The summed E-state index contributed by atoms with van der Waals surface area (Å²) >= 11 is 7.00. The smallest absolute Gasteiger partial charge is 0.240 e. The van der Waals surface area contributed by atoms with Gasteiger partial charge in [0, 0.05) is 16.8 Å². The number of rotatable bonds is 3. The van der Waals surface area contributed by atoms with E-state index >= 15 is 0 Å². The van der Waals surface area contributed by atoms with Crippen molar-refractivity contribution in [1.82, 2.24) is 4.98 Å². The molecule has 0 bridgehead atoms. The molecule has 1 nitrogen and oxygen atoms in total. The molecule has 2 aromatic rings. The molecule has 1 heterocycles. The second kappa shape index (κ2) is 4.89. The Morgan fingerprint density at radius 3 is 2.50 bits per heavy atom. The van der Waals surface area contributed by atoms with Crippen molar-refractivity contribution in [2.45, 2.75) is 12.8 Å². The Hall–Kier alpha value is -1.00. The van der Waals surface area contributed by atoms with Gasteiger partial charge in [0.05, 0.1) is 5.01 Å². The second-order valence-electron chi connectivity index (χ2n) is 3.27. The van der Waals surface area contributed by atoms with E-state index in [0.717, 1.165) is 5.56 Å². The van der Waals surface area contributed by atoms with Gasteiger partial charge in [0.15, 0.2) is 0 Å². The Morgan fingerprint density at radius 2 is 1.94 bits per heavy atom. The van der Waals surface area contributed by atoms with Gasteiger partial charge in [-0.25, -0.2) is 13.8 Å². The standard InChI is InChI=1S/C11H8ClF2NS/c12-8-3-1-7(2-4-8)5-10-15-9(6-16-10)11(13)14/h1-4,6,11H,5H2. The lowest BCUT2D eigenvalue weighted by Gasteiger charge is -1.97. The Bertz CT molecular complexity index is 467. The van der Waals surface area contributed by atoms with E-state index in [2.05, 4.69) is 4.98 Å². The van der Waals surface area contributed by atoms with Gasteiger partial charge in [0.2, 0.25) is 0 Å². The van der Waals surface area contributed by atoms with E-state index in [1.165, 1.54) is 16.7 Å². The van der Waals surface area contributed by atoms with Crippen LogP contribution < -0.4 is 0 Å². The number of benzene rings is 1. The van der Waals surface area contributed by atoms with Crippen LogP contribution >= 0.6 is 22.9 Å². The first kappa shape index (κ1) is 11.5. The fraction of sp³-hybridized carbons (Fsp3) is 0.182. The molecule has 84 valence electrons. The zero-order chi connectivity index (χ0) is 11.5. The fourth-order valence-corrected chi connectivity index (χ4v) is 2.23. The van der Waals surface area contributed by atoms with E-state index < -0.39 is 6.43 Å². The lowest BCUT2D eigenvalue weighted by atomic mass is 10.2. The highest BCUT2D eigenvalue weighted by Gasteiger charge is 2.11. The minimum absolute atomic E-state index is 0.144. The van der Waals surface area contributed by atoms with Gasteiger partial charge in [-0.05, 0) is 17.7 Å². The Balaban J connectivity index is 2.11. The van der Waals surface area contributed by atoms with Crippen LogP contribution in [-0.2, 0) is 6.42 Å². The maximum Gasteiger partial charge on any atom is 0.281 e. The molecule has 0 fully saturated rings. The molecule has 0 aliphatic carbocycles. The average Bonchev–Trinajstić information content (AvgIpc) is 2.70. The van der Waals surface area contributed by atoms with Crippen molar-refractivity contribution < 1.29 is 8.78 Å². The second-order valence-corrected chi connectivity index (χ2v) is 4.65. The highest BCUT2D eigenvalue weighted by molar-refractivity contribution is 7.09. The number of thiazole rings is 1. The molecule has 0 radical (unpaired) electrons. The molecule has 1 aromatic heterocycles. The summed E-state index contributed by atoms with van der Waals surface area (Å²) in [5.41, 5.74) is 0.869. The minimum atomic E-state index is -2.49. The third-order valence-corrected chi connectivity index (χ3v) is 3.18. The number of hydrogen-bond acceptors (Lipinski definition) is 2. The molecule has 5 heteroatoms. The van der Waals surface area contributed by atoms with E-state index in [4.69, 9.17) is 11.6 Å². The molecular formula is C11H8ClF2NS. The number of hydrogen-bond donors (Lipinski definition) is 0. The Labute approximate surface area is 101 Å². The predicted octanol–water partition coefficient (Wildman–Crippen LogP) is 4.32. The molecule has 0 amide bonds. The van der Waals surface area contributed by atoms with Crippen molar-refractivity contribution in [1.29, 1.82) is 0 Å². The quantitative estimate of drug-likeness (QED) is 0.800. The predicted molar refractivity (Wildman–Crippen MR) is 61.3 cm³/mol. The van der Waals surface area contributed by atoms with E-state index in [-0.39, 0.29) is 5.69 Å². The first-order chi connectivity index (χ1) is 7.65. The van der Waals surface area contributed by atoms with Gasteiger partial charge in [-0.15, -0.1) is 11.3 Å². The fourth-order valence-electron chi connectivity index (χ4n) is 1.28. The van der Waals surface area contributed by atoms with E-state index in [1.54, 1.807) is 12.1 Å². The van der Waals surface area contributed by atoms with Crippen molar-refractivity contribution in [2.24, 2.45) is 0 Å². The van der Waals surface area contributed by atoms with Crippen molar-refractivity contribution in [3.63, 3.8) is 0 Å². The van der Waals surface area contributed by atoms with Gasteiger partial charge in [-0.3, -0.25) is 0 Å². The van der Waals surface area contributed by atoms with Crippen LogP contribution in [0, 0.1) is 0 Å². The Kier molecular flexibility index (Phi) is 3.51. The first-order valence-corrected chi connectivity index (χ1v) is 5.88. The highest BCUT2D eigenvalue weighted by Crippen LogP contribution is 2.22. The van der Waals surface area contributed by atoms with E-state index in [0.29, 0.717) is 16.5 Å². The number of nitrogens with zero attached hydrogens (tertiary/aromatic N) is 1. The third-order valence-electron chi connectivity index (χ3n) is 2.06. The molecule has 0 aliphatic rings. The van der Waals surface area contributed by atoms with Gasteiger partial charge >= 0.3 is 0 Å². The summed E-state index contributed by atoms with van der Waals surface area (Å²) in [4.78, 5) is 3.86. The molecule has 0 atom stereocenters. The average molecular weight is 260 g/mol. The lowest BCUT2D eigenvalue weighted by molar-refractivity contribution is 0.146. The monoisotopic (exact) mass is 259 g/mol. The summed E-state index contributed by atoms with van der Waals surface area (Å²) < 4.78 is 24.6. The maximum atomic E-state index is 12.3. The van der Waals surface area contributed by atoms with Crippen molar-refractivity contribution in [3.05, 3.63) is 50.9 Å². The van der Waals surface area contributed by atoms with Crippen LogP contribution in [0.1, 0.15) is 22.7 Å². The summed E-state index contributed by atoms with van der Waals surface area (Å²) in [6.45, 7) is 0. The molecule has 2 rings (SSSR count). The molecule has 0 N–H and O–H groups in total. The van der Waals surface area contributed by atoms with Gasteiger partial charge in [-0.1, -0.05) is 23.7 Å². The van der Waals surface area contributed by atoms with Crippen molar-refractivity contribution in [2.75, 3.05) is 0 Å². The minimum Gasteiger partial charge on any atom is -0.240 e. The number of alkyl halides is 2. The van der Waals surface area contributed by atoms with Gasteiger partial charge in [-0.2, -0.15) is 0 Å². The normalized spacial score (nSPS) is 11.0. The molecule has 0 saturated heterocycles. The van der Waals surface area contributed by atoms with Gasteiger partial charge in [0.25, 0.3) is 6.43 Å². The number of halogens is 3. The molecular weight excluding hydrogens is 252 g/mol. The van der Waals surface area contributed by atoms with E-state index in [9.17, 15) is 8.78 Å². The highest BCUT2D eigenvalue weighted by atomic mass is 35.5. The van der Waals surface area contributed by atoms with Crippen LogP contribution in [0.2, 0.25) is 5.02 Å². The van der Waals surface area contributed by atoms with Crippen LogP contribution in [0.15, 0.2) is 29.6 Å². The van der Waals surface area contributed by atoms with E-state index in [1.807, 2.05) is 12.1 Å². The van der Waals surface area contributed by atoms with Gasteiger partial charge in [0.1, 0.15) is 5.69 Å². The van der Waals surface area contributed by atoms with Crippen LogP contribution in [0.25, 0.3) is 0 Å². The zero-order valence-corrected chi connectivity index (χ0v) is 9.73. The summed E-state index contributed by atoms with van der Waals surface area (Å²) in [5.74, 6) is 0. The lowest BCUT2D eigenvalue weighted by Crippen LogP contribution is -1.89. The third kappa shape index (κ3) is 2.77. The summed E-state index contributed by atoms with van der Waals surface area (Å²) in [5, 5.41) is 2.75. The largest absolute Gasteiger partial charge is 0.281 e. The molecule has 16 heavy (non-hydrogen) atoms. The topological polar surface area (TPSA) is 12.9 Å². The van der Waals surface area contributed by atoms with Crippen LogP contribution in [-0.4, -0.2) is 4.98 Å². The van der Waals surface area contributed by atoms with Crippen LogP contribution in [0.4, 0.5) is 8.78 Å². The first-order valence-electron chi connectivity index (χ1n) is 4.62. The SMILES string of the molecule is FC(F)c1csc(Cc2ccc(Cl)cc2)n1. The maximum absolute atomic E-state index is 12.3. The van der Waals surface area contributed by atoms with Gasteiger partial charge < -0.3 is 0 Å². The van der Waals surface area contributed by atoms with Crippen LogP contribution in [0.5, 0.6) is 0 Å². The molecule has 1 aromatic carbocycles. The van der Waals surface area contributed by atoms with Crippen molar-refractivity contribution >= 4 is 22.9 Å². The Morgan fingerprint density at radius 1 is 1.25 bits per heavy atom. The summed E-state index contributed by atoms with van der Waals surface area (Å²) in [7, 11) is 0. The zero-order valence-electron chi connectivity index (χ0n) is 8.16. The molecule has 0 aliphatic heterocycles. The molecule has 0 spiro atoms.